The molecule has 1 rings (SSSR count). The van der Waals surface area contributed by atoms with Crippen LogP contribution in [0, 0.1) is 6.92 Å². The van der Waals surface area contributed by atoms with Crippen molar-refractivity contribution in [2.45, 2.75) is 39.2 Å². The van der Waals surface area contributed by atoms with Crippen molar-refractivity contribution in [3.05, 3.63) is 29.3 Å². The Bertz CT molecular complexity index is 341. The third kappa shape index (κ3) is 5.74. The van der Waals surface area contributed by atoms with Gasteiger partial charge in [0.15, 0.2) is 0 Å². The van der Waals surface area contributed by atoms with E-state index in [1.807, 2.05) is 6.07 Å². The fourth-order valence-electron chi connectivity index (χ4n) is 1.97. The second kappa shape index (κ2) is 9.23. The average molecular weight is 270 g/mol. The van der Waals surface area contributed by atoms with E-state index in [-0.39, 0.29) is 0 Å². The summed E-state index contributed by atoms with van der Waals surface area (Å²) in [5, 5.41) is 3.47. The quantitative estimate of drug-likeness (QED) is 0.542. The number of hydrogen-bond acceptors (Lipinski definition) is 2. The molecule has 18 heavy (non-hydrogen) atoms. The van der Waals surface area contributed by atoms with Crippen LogP contribution in [0.15, 0.2) is 18.2 Å². The molecule has 0 saturated heterocycles. The monoisotopic (exact) mass is 269 g/mol. The number of hydrogen-bond donors (Lipinski definition) is 1. The van der Waals surface area contributed by atoms with Gasteiger partial charge >= 0.3 is 0 Å². The van der Waals surface area contributed by atoms with E-state index in [0.29, 0.717) is 0 Å². The Balaban J connectivity index is 2.24. The number of aryl methyl sites for hydroxylation is 1. The van der Waals surface area contributed by atoms with Crippen molar-refractivity contribution in [1.82, 2.24) is 5.32 Å². The molecule has 0 aliphatic carbocycles. The Morgan fingerprint density at radius 3 is 2.67 bits per heavy atom. The molecule has 0 radical (unpaired) electrons. The number of benzene rings is 1. The highest BCUT2D eigenvalue weighted by atomic mass is 35.5. The third-order valence-electron chi connectivity index (χ3n) is 2.99. The highest BCUT2D eigenvalue weighted by Gasteiger charge is 2.02. The summed E-state index contributed by atoms with van der Waals surface area (Å²) >= 11 is 5.64. The lowest BCUT2D eigenvalue weighted by Gasteiger charge is -2.10. The topological polar surface area (TPSA) is 21.3 Å². The van der Waals surface area contributed by atoms with Gasteiger partial charge < -0.3 is 10.1 Å². The summed E-state index contributed by atoms with van der Waals surface area (Å²) in [4.78, 5) is 0. The van der Waals surface area contributed by atoms with Crippen LogP contribution < -0.4 is 10.1 Å². The molecule has 0 amide bonds. The molecule has 0 fully saturated rings. The second-order valence-electron chi connectivity index (χ2n) is 4.60. The molecule has 3 heteroatoms. The standard InChI is InChI=1S/C15H24ClNO/c1-13-7-8-15(18-2)14(11-13)12-17-10-6-4-3-5-9-16/h7-8,11,17H,3-6,9-10,12H2,1-2H3. The van der Waals surface area contributed by atoms with E-state index in [1.165, 1.54) is 30.4 Å². The molecule has 1 aromatic rings. The van der Waals surface area contributed by atoms with Crippen LogP contribution in [0.1, 0.15) is 36.8 Å². The highest BCUT2D eigenvalue weighted by molar-refractivity contribution is 6.17. The van der Waals surface area contributed by atoms with Crippen LogP contribution in [0.25, 0.3) is 0 Å². The predicted octanol–water partition coefficient (Wildman–Crippen LogP) is 3.89. The number of methoxy groups -OCH3 is 1. The van der Waals surface area contributed by atoms with Crippen LogP contribution in [-0.2, 0) is 6.54 Å². The summed E-state index contributed by atoms with van der Waals surface area (Å²) in [5.41, 5.74) is 2.51. The molecule has 0 aromatic heterocycles. The van der Waals surface area contributed by atoms with Crippen LogP contribution in [0.2, 0.25) is 0 Å². The summed E-state index contributed by atoms with van der Waals surface area (Å²) in [5.74, 6) is 1.75. The first-order valence-electron chi connectivity index (χ1n) is 6.68. The van der Waals surface area contributed by atoms with Gasteiger partial charge in [-0.15, -0.1) is 11.6 Å². The van der Waals surface area contributed by atoms with Crippen molar-refractivity contribution < 1.29 is 4.74 Å². The minimum absolute atomic E-state index is 0.786. The Morgan fingerprint density at radius 1 is 1.17 bits per heavy atom. The number of nitrogens with one attached hydrogen (secondary N) is 1. The fraction of sp³-hybridized carbons (Fsp3) is 0.600. The van der Waals surface area contributed by atoms with Gasteiger partial charge in [0.1, 0.15) is 5.75 Å². The van der Waals surface area contributed by atoms with E-state index >= 15 is 0 Å². The SMILES string of the molecule is COc1ccc(C)cc1CNCCCCCCCl. The van der Waals surface area contributed by atoms with Crippen molar-refractivity contribution in [2.24, 2.45) is 0 Å². The first-order chi connectivity index (χ1) is 8.77. The molecule has 102 valence electrons. The molecule has 0 atom stereocenters. The largest absolute Gasteiger partial charge is 0.496 e. The third-order valence-corrected chi connectivity index (χ3v) is 3.26. The van der Waals surface area contributed by atoms with Gasteiger partial charge in [0, 0.05) is 18.0 Å². The zero-order chi connectivity index (χ0) is 13.2. The first kappa shape index (κ1) is 15.3. The maximum absolute atomic E-state index is 5.64. The number of ether oxygens (including phenoxy) is 1. The normalized spacial score (nSPS) is 10.6. The zero-order valence-corrected chi connectivity index (χ0v) is 12.2. The van der Waals surface area contributed by atoms with Crippen LogP contribution in [0.3, 0.4) is 0 Å². The molecule has 0 aliphatic rings. The summed E-state index contributed by atoms with van der Waals surface area (Å²) in [6.07, 6.45) is 4.84. The Morgan fingerprint density at radius 2 is 1.94 bits per heavy atom. The smallest absolute Gasteiger partial charge is 0.123 e. The molecule has 0 saturated carbocycles. The zero-order valence-electron chi connectivity index (χ0n) is 11.5. The molecule has 1 aromatic carbocycles. The van der Waals surface area contributed by atoms with E-state index in [4.69, 9.17) is 16.3 Å². The Hall–Kier alpha value is -0.730. The lowest BCUT2D eigenvalue weighted by Crippen LogP contribution is -2.15. The van der Waals surface area contributed by atoms with Gasteiger partial charge in [0.05, 0.1) is 7.11 Å². The lowest BCUT2D eigenvalue weighted by atomic mass is 10.1. The van der Waals surface area contributed by atoms with E-state index in [9.17, 15) is 0 Å². The van der Waals surface area contributed by atoms with Crippen LogP contribution >= 0.6 is 11.6 Å². The minimum Gasteiger partial charge on any atom is -0.496 e. The van der Waals surface area contributed by atoms with Gasteiger partial charge in [-0.1, -0.05) is 30.5 Å². The van der Waals surface area contributed by atoms with Crippen molar-refractivity contribution in [1.29, 1.82) is 0 Å². The van der Waals surface area contributed by atoms with Gasteiger partial charge in [-0.05, 0) is 32.4 Å². The summed E-state index contributed by atoms with van der Waals surface area (Å²) in [6.45, 7) is 4.04. The number of halogens is 1. The molecular weight excluding hydrogens is 246 g/mol. The molecule has 0 aliphatic heterocycles. The van der Waals surface area contributed by atoms with Gasteiger partial charge in [-0.25, -0.2) is 0 Å². The number of rotatable bonds is 9. The molecule has 2 nitrogen and oxygen atoms in total. The molecule has 0 spiro atoms. The van der Waals surface area contributed by atoms with Crippen LogP contribution in [0.5, 0.6) is 5.75 Å². The summed E-state index contributed by atoms with van der Waals surface area (Å²) in [7, 11) is 1.72. The van der Waals surface area contributed by atoms with Gasteiger partial charge in [0.2, 0.25) is 0 Å². The van der Waals surface area contributed by atoms with Crippen molar-refractivity contribution in [3.63, 3.8) is 0 Å². The highest BCUT2D eigenvalue weighted by Crippen LogP contribution is 2.19. The maximum atomic E-state index is 5.64. The van der Waals surface area contributed by atoms with Crippen molar-refractivity contribution in [2.75, 3.05) is 19.5 Å². The molecule has 1 N–H and O–H groups in total. The Kier molecular flexibility index (Phi) is 7.86. The van der Waals surface area contributed by atoms with Crippen LogP contribution in [0.4, 0.5) is 0 Å². The average Bonchev–Trinajstić information content (AvgIpc) is 2.38. The minimum atomic E-state index is 0.786. The van der Waals surface area contributed by atoms with Gasteiger partial charge in [0.25, 0.3) is 0 Å². The van der Waals surface area contributed by atoms with E-state index < -0.39 is 0 Å². The molecule has 0 heterocycles. The molecular formula is C15H24ClNO. The van der Waals surface area contributed by atoms with Crippen LogP contribution in [-0.4, -0.2) is 19.5 Å². The Labute approximate surface area is 116 Å². The van der Waals surface area contributed by atoms with Crippen molar-refractivity contribution in [3.8, 4) is 5.75 Å². The van der Waals surface area contributed by atoms with Gasteiger partial charge in [-0.2, -0.15) is 0 Å². The number of unbranched alkanes of at least 4 members (excludes halogenated alkanes) is 3. The first-order valence-corrected chi connectivity index (χ1v) is 7.21. The molecule has 0 unspecified atom stereocenters. The second-order valence-corrected chi connectivity index (χ2v) is 4.97. The van der Waals surface area contributed by atoms with E-state index in [1.54, 1.807) is 7.11 Å². The molecule has 0 bridgehead atoms. The summed E-state index contributed by atoms with van der Waals surface area (Å²) in [6, 6.07) is 6.29. The lowest BCUT2D eigenvalue weighted by molar-refractivity contribution is 0.407. The predicted molar refractivity (Wildman–Crippen MR) is 78.6 cm³/mol. The van der Waals surface area contributed by atoms with E-state index in [2.05, 4.69) is 24.4 Å². The maximum Gasteiger partial charge on any atom is 0.123 e. The van der Waals surface area contributed by atoms with Crippen molar-refractivity contribution >= 4 is 11.6 Å². The fourth-order valence-corrected chi connectivity index (χ4v) is 2.16. The van der Waals surface area contributed by atoms with E-state index in [0.717, 1.165) is 31.1 Å². The summed E-state index contributed by atoms with van der Waals surface area (Å²) < 4.78 is 5.36. The number of alkyl halides is 1. The van der Waals surface area contributed by atoms with Gasteiger partial charge in [-0.3, -0.25) is 0 Å².